The van der Waals surface area contributed by atoms with Crippen LogP contribution in [-0.2, 0) is 16.4 Å². The molecule has 0 radical (unpaired) electrons. The molecule has 0 bridgehead atoms. The first-order valence-corrected chi connectivity index (χ1v) is 15.2. The quantitative estimate of drug-likeness (QED) is 0.473. The minimum atomic E-state index is -2.95. The first kappa shape index (κ1) is 23.0. The van der Waals surface area contributed by atoms with Gasteiger partial charge in [0.15, 0.2) is 0 Å². The fraction of sp³-hybridized carbons (Fsp3) is 0.240. The smallest absolute Gasteiger partial charge is 0.148 e. The second-order valence-corrected chi connectivity index (χ2v) is 16.2. The number of rotatable bonds is 6. The van der Waals surface area contributed by atoms with Crippen molar-refractivity contribution in [3.8, 4) is 5.75 Å². The van der Waals surface area contributed by atoms with Gasteiger partial charge in [-0.05, 0) is 38.1 Å². The van der Waals surface area contributed by atoms with Crippen LogP contribution < -0.4 is 20.7 Å². The molecule has 32 heavy (non-hydrogen) atoms. The van der Waals surface area contributed by atoms with Crippen LogP contribution in [0.4, 0.5) is 0 Å². The van der Waals surface area contributed by atoms with E-state index < -0.39 is 18.5 Å². The Labute approximate surface area is 195 Å². The Morgan fingerprint density at radius 3 is 1.91 bits per heavy atom. The van der Waals surface area contributed by atoms with E-state index in [1.54, 1.807) is 7.11 Å². The molecular formula is C25H28N2O2P2S. The van der Waals surface area contributed by atoms with Crippen molar-refractivity contribution >= 4 is 46.8 Å². The number of nitrogens with zero attached hydrogens (tertiary/aromatic N) is 2. The zero-order chi connectivity index (χ0) is 23.0. The van der Waals surface area contributed by atoms with E-state index in [9.17, 15) is 4.57 Å². The van der Waals surface area contributed by atoms with Gasteiger partial charge in [-0.1, -0.05) is 72.5 Å². The van der Waals surface area contributed by atoms with Crippen molar-refractivity contribution in [1.29, 1.82) is 0 Å². The number of methoxy groups -OCH3 is 1. The lowest BCUT2D eigenvalue weighted by Crippen LogP contribution is -2.37. The average Bonchev–Trinajstić information content (AvgIpc) is 3.00. The van der Waals surface area contributed by atoms with Crippen LogP contribution in [0.1, 0.15) is 13.8 Å². The molecule has 1 unspecified atom stereocenters. The molecule has 0 saturated carbocycles. The molecule has 166 valence electrons. The van der Waals surface area contributed by atoms with E-state index in [0.717, 1.165) is 27.4 Å². The molecule has 0 aromatic heterocycles. The molecule has 1 aliphatic heterocycles. The Morgan fingerprint density at radius 1 is 0.938 bits per heavy atom. The summed E-state index contributed by atoms with van der Waals surface area (Å²) in [5.74, 6) is 0.800. The summed E-state index contributed by atoms with van der Waals surface area (Å²) in [4.78, 5) is 0. The Balaban J connectivity index is 1.78. The summed E-state index contributed by atoms with van der Waals surface area (Å²) < 4.78 is 21.9. The van der Waals surface area contributed by atoms with Crippen LogP contribution in [0.25, 0.3) is 0 Å². The minimum Gasteiger partial charge on any atom is -0.497 e. The number of ether oxygens (including phenoxy) is 1. The van der Waals surface area contributed by atoms with Crippen molar-refractivity contribution in [2.24, 2.45) is 5.10 Å². The Hall–Kier alpha value is -2.19. The summed E-state index contributed by atoms with van der Waals surface area (Å²) in [6.45, 7) is 4.31. The van der Waals surface area contributed by atoms with Crippen LogP contribution in [0.2, 0.25) is 0 Å². The normalized spacial score (nSPS) is 20.1. The predicted octanol–water partition coefficient (Wildman–Crippen LogP) is 4.81. The van der Waals surface area contributed by atoms with Crippen molar-refractivity contribution in [1.82, 2.24) is 4.78 Å². The molecular weight excluding hydrogens is 454 g/mol. The van der Waals surface area contributed by atoms with Gasteiger partial charge in [-0.2, -0.15) is 5.10 Å². The van der Waals surface area contributed by atoms with Crippen LogP contribution in [0, 0.1) is 0 Å². The van der Waals surface area contributed by atoms with Gasteiger partial charge < -0.3 is 9.30 Å². The van der Waals surface area contributed by atoms with Gasteiger partial charge in [-0.15, -0.1) is 0 Å². The summed E-state index contributed by atoms with van der Waals surface area (Å²) in [6.07, 6.45) is -1.92. The maximum absolute atomic E-state index is 14.7. The van der Waals surface area contributed by atoms with Crippen molar-refractivity contribution in [2.45, 2.75) is 19.0 Å². The summed E-state index contributed by atoms with van der Waals surface area (Å²) in [5, 5.41) is 7.30. The molecule has 4 rings (SSSR count). The Bertz CT molecular complexity index is 1180. The highest BCUT2D eigenvalue weighted by molar-refractivity contribution is 8.18. The maximum Gasteiger partial charge on any atom is 0.148 e. The average molecular weight is 483 g/mol. The van der Waals surface area contributed by atoms with E-state index in [-0.39, 0.29) is 0 Å². The van der Waals surface area contributed by atoms with Gasteiger partial charge in [-0.3, -0.25) is 4.78 Å². The molecule has 1 aliphatic rings. The van der Waals surface area contributed by atoms with Crippen LogP contribution in [0.15, 0.2) is 90.0 Å². The highest BCUT2D eigenvalue weighted by atomic mass is 32.4. The van der Waals surface area contributed by atoms with Gasteiger partial charge in [0.2, 0.25) is 0 Å². The first-order chi connectivity index (χ1) is 15.2. The van der Waals surface area contributed by atoms with Gasteiger partial charge in [0, 0.05) is 23.0 Å². The lowest BCUT2D eigenvalue weighted by Gasteiger charge is -2.36. The van der Waals surface area contributed by atoms with Crippen molar-refractivity contribution in [2.75, 3.05) is 20.3 Å². The van der Waals surface area contributed by atoms with E-state index in [1.165, 1.54) is 0 Å². The standard InChI is InChI=1S/C25H28N2O2P2S/c1-25(2)24(26-27(3)31(25,32)23-17-15-20(29-4)16-18-23)19-30(28,21-11-7-5-8-12-21)22-13-9-6-10-14-22/h5-18H,19H2,1-4H3. The number of hydrazone groups is 1. The zero-order valence-corrected chi connectivity index (χ0v) is 21.4. The maximum atomic E-state index is 14.7. The highest BCUT2D eigenvalue weighted by Crippen LogP contribution is 2.65. The molecule has 0 amide bonds. The molecule has 3 aromatic rings. The molecule has 0 aliphatic carbocycles. The van der Waals surface area contributed by atoms with Gasteiger partial charge in [-0.25, -0.2) is 0 Å². The van der Waals surface area contributed by atoms with Crippen LogP contribution in [-0.4, -0.2) is 36.0 Å². The van der Waals surface area contributed by atoms with E-state index in [2.05, 4.69) is 13.8 Å². The van der Waals surface area contributed by atoms with E-state index in [0.29, 0.717) is 6.16 Å². The molecule has 7 heteroatoms. The van der Waals surface area contributed by atoms with E-state index in [4.69, 9.17) is 21.6 Å². The van der Waals surface area contributed by atoms with E-state index in [1.807, 2.05) is 96.8 Å². The van der Waals surface area contributed by atoms with Crippen LogP contribution in [0.3, 0.4) is 0 Å². The summed E-state index contributed by atoms with van der Waals surface area (Å²) in [7, 11) is 0.666. The topological polar surface area (TPSA) is 41.9 Å². The lowest BCUT2D eigenvalue weighted by atomic mass is 10.1. The number of hydrogen-bond donors (Lipinski definition) is 0. The largest absolute Gasteiger partial charge is 0.497 e. The van der Waals surface area contributed by atoms with Crippen molar-refractivity contribution < 1.29 is 9.30 Å². The van der Waals surface area contributed by atoms with Gasteiger partial charge in [0.05, 0.1) is 30.3 Å². The highest BCUT2D eigenvalue weighted by Gasteiger charge is 2.51. The fourth-order valence-electron chi connectivity index (χ4n) is 4.28. The molecule has 1 heterocycles. The lowest BCUT2D eigenvalue weighted by molar-refractivity contribution is 0.415. The molecule has 0 N–H and O–H groups in total. The van der Waals surface area contributed by atoms with Gasteiger partial charge in [0.1, 0.15) is 12.9 Å². The van der Waals surface area contributed by atoms with E-state index >= 15 is 0 Å². The van der Waals surface area contributed by atoms with Crippen molar-refractivity contribution in [3.63, 3.8) is 0 Å². The third-order valence-electron chi connectivity index (χ3n) is 6.28. The third kappa shape index (κ3) is 3.67. The molecule has 1 atom stereocenters. The Morgan fingerprint density at radius 2 is 1.44 bits per heavy atom. The summed E-state index contributed by atoms with van der Waals surface area (Å²) in [6, 6.07) is 27.5. The summed E-state index contributed by atoms with van der Waals surface area (Å²) in [5.41, 5.74) is 0.898. The molecule has 0 fully saturated rings. The zero-order valence-electron chi connectivity index (χ0n) is 18.8. The SMILES string of the molecule is COc1ccc(P2(=S)N(C)N=C(CP(=O)(c3ccccc3)c3ccccc3)C2(C)C)cc1. The van der Waals surface area contributed by atoms with Crippen LogP contribution >= 0.6 is 13.3 Å². The number of benzene rings is 3. The number of hydrogen-bond acceptors (Lipinski definition) is 4. The fourth-order valence-corrected chi connectivity index (χ4v) is 11.0. The molecule has 0 spiro atoms. The Kier molecular flexibility index (Phi) is 6.20. The second kappa shape index (κ2) is 8.63. The monoisotopic (exact) mass is 482 g/mol. The third-order valence-corrected chi connectivity index (χ3v) is 15.7. The van der Waals surface area contributed by atoms with Crippen molar-refractivity contribution in [3.05, 3.63) is 84.9 Å². The van der Waals surface area contributed by atoms with Gasteiger partial charge >= 0.3 is 0 Å². The van der Waals surface area contributed by atoms with Crippen LogP contribution in [0.5, 0.6) is 5.75 Å². The molecule has 0 saturated heterocycles. The van der Waals surface area contributed by atoms with Gasteiger partial charge in [0.25, 0.3) is 0 Å². The first-order valence-electron chi connectivity index (χ1n) is 10.5. The minimum absolute atomic E-state index is 0.368. The summed E-state index contributed by atoms with van der Waals surface area (Å²) >= 11 is 6.36. The molecule has 3 aromatic carbocycles. The second-order valence-electron chi connectivity index (χ2n) is 8.44. The predicted molar refractivity (Wildman–Crippen MR) is 141 cm³/mol. The molecule has 4 nitrogen and oxygen atoms in total.